The zero-order valence-corrected chi connectivity index (χ0v) is 18.0. The third-order valence-corrected chi connectivity index (χ3v) is 6.45. The average Bonchev–Trinajstić information content (AvgIpc) is 2.70. The fourth-order valence-corrected chi connectivity index (χ4v) is 4.98. The summed E-state index contributed by atoms with van der Waals surface area (Å²) in [4.78, 5) is 16.4. The summed E-state index contributed by atoms with van der Waals surface area (Å²) in [6.45, 7) is 5.76. The lowest BCUT2D eigenvalue weighted by molar-refractivity contribution is -0.132. The fourth-order valence-electron chi connectivity index (χ4n) is 3.98. The number of benzene rings is 1. The van der Waals surface area contributed by atoms with Crippen LogP contribution in [-0.4, -0.2) is 59.1 Å². The van der Waals surface area contributed by atoms with Gasteiger partial charge in [-0.1, -0.05) is 19.1 Å². The number of carboxylic acids is 1. The predicted molar refractivity (Wildman–Crippen MR) is 114 cm³/mol. The molecule has 0 spiro atoms. The van der Waals surface area contributed by atoms with E-state index in [9.17, 15) is 14.3 Å². The predicted octanol–water partition coefficient (Wildman–Crippen LogP) is 4.07. The van der Waals surface area contributed by atoms with E-state index in [-0.39, 0.29) is 18.0 Å². The van der Waals surface area contributed by atoms with Crippen molar-refractivity contribution in [2.75, 3.05) is 26.0 Å². The molecule has 2 aliphatic heterocycles. The summed E-state index contributed by atoms with van der Waals surface area (Å²) in [5.74, 6) is -0.466. The number of thioether (sulfide) groups is 1. The van der Waals surface area contributed by atoms with Gasteiger partial charge in [0.05, 0.1) is 17.2 Å². The molecule has 3 rings (SSSR count). The summed E-state index contributed by atoms with van der Waals surface area (Å²) in [5.41, 5.74) is 1.91. The van der Waals surface area contributed by atoms with Crippen molar-refractivity contribution in [3.8, 4) is 0 Å². The molecule has 0 bridgehead atoms. The molecule has 2 atom stereocenters. The Bertz CT molecular complexity index is 805. The number of carboxylic acid groups (broad SMARTS) is 1. The molecule has 1 aromatic carbocycles. The summed E-state index contributed by atoms with van der Waals surface area (Å²) in [6.07, 6.45) is 3.94. The van der Waals surface area contributed by atoms with E-state index in [0.717, 1.165) is 41.4 Å². The average molecular weight is 421 g/mol. The van der Waals surface area contributed by atoms with Crippen LogP contribution >= 0.6 is 11.8 Å². The second kappa shape index (κ2) is 9.78. The van der Waals surface area contributed by atoms with Gasteiger partial charge in [-0.25, -0.2) is 9.18 Å². The molecule has 0 aliphatic carbocycles. The lowest BCUT2D eigenvalue weighted by atomic mass is 10.0. The molecule has 0 amide bonds. The Kier molecular flexibility index (Phi) is 7.38. The third kappa shape index (κ3) is 5.02. The Morgan fingerprint density at radius 1 is 1.45 bits per heavy atom. The van der Waals surface area contributed by atoms with Gasteiger partial charge in [-0.2, -0.15) is 0 Å². The lowest BCUT2D eigenvalue weighted by Crippen LogP contribution is -2.52. The lowest BCUT2D eigenvalue weighted by Gasteiger charge is -2.45. The van der Waals surface area contributed by atoms with Crippen molar-refractivity contribution in [1.29, 1.82) is 0 Å². The van der Waals surface area contributed by atoms with E-state index in [2.05, 4.69) is 16.8 Å². The van der Waals surface area contributed by atoms with Crippen LogP contribution in [0.1, 0.15) is 32.3 Å². The molecule has 2 aliphatic rings. The van der Waals surface area contributed by atoms with Crippen LogP contribution < -0.4 is 0 Å². The van der Waals surface area contributed by atoms with E-state index < -0.39 is 5.97 Å². The van der Waals surface area contributed by atoms with Gasteiger partial charge in [0.2, 0.25) is 0 Å². The Hall–Kier alpha value is -1.83. The monoisotopic (exact) mass is 420 g/mol. The van der Waals surface area contributed by atoms with Gasteiger partial charge in [0, 0.05) is 19.2 Å². The Balaban J connectivity index is 2.01. The van der Waals surface area contributed by atoms with Crippen LogP contribution in [-0.2, 0) is 16.1 Å². The maximum atomic E-state index is 13.8. The minimum absolute atomic E-state index is 0.123. The molecule has 0 radical (unpaired) electrons. The van der Waals surface area contributed by atoms with Crippen molar-refractivity contribution in [2.24, 2.45) is 0 Å². The van der Waals surface area contributed by atoms with Gasteiger partial charge in [0.1, 0.15) is 12.0 Å². The molecule has 29 heavy (non-hydrogen) atoms. The van der Waals surface area contributed by atoms with Crippen LogP contribution in [0.4, 0.5) is 4.39 Å². The highest BCUT2D eigenvalue weighted by Crippen LogP contribution is 2.37. The summed E-state index contributed by atoms with van der Waals surface area (Å²) < 4.78 is 19.5. The molecular weight excluding hydrogens is 391 g/mol. The topological polar surface area (TPSA) is 53.0 Å². The van der Waals surface area contributed by atoms with E-state index in [1.807, 2.05) is 26.0 Å². The number of hydrogen-bond donors (Lipinski definition) is 1. The van der Waals surface area contributed by atoms with Crippen LogP contribution in [0.2, 0.25) is 0 Å². The van der Waals surface area contributed by atoms with Crippen LogP contribution in [0.5, 0.6) is 0 Å². The van der Waals surface area contributed by atoms with Gasteiger partial charge in [0.25, 0.3) is 0 Å². The van der Waals surface area contributed by atoms with Crippen molar-refractivity contribution in [3.63, 3.8) is 0 Å². The van der Waals surface area contributed by atoms with Crippen LogP contribution in [0.25, 0.3) is 0 Å². The number of aliphatic carboxylic acids is 1. The smallest absolute Gasteiger partial charge is 0.338 e. The first-order valence-corrected chi connectivity index (χ1v) is 11.0. The van der Waals surface area contributed by atoms with Gasteiger partial charge < -0.3 is 14.7 Å². The van der Waals surface area contributed by atoms with Crippen molar-refractivity contribution >= 4 is 17.7 Å². The number of rotatable bonds is 7. The molecule has 7 heteroatoms. The molecular formula is C22H29FN2O3S. The molecule has 1 saturated heterocycles. The first kappa shape index (κ1) is 21.9. The maximum Gasteiger partial charge on any atom is 0.338 e. The molecule has 2 unspecified atom stereocenters. The second-order valence-electron chi connectivity index (χ2n) is 7.48. The van der Waals surface area contributed by atoms with Crippen LogP contribution in [0.15, 0.2) is 46.5 Å². The van der Waals surface area contributed by atoms with Gasteiger partial charge in [-0.3, -0.25) is 4.90 Å². The number of carbonyl (C=O) groups is 1. The van der Waals surface area contributed by atoms with E-state index in [0.29, 0.717) is 18.7 Å². The third-order valence-electron chi connectivity index (χ3n) is 5.45. The Labute approximate surface area is 176 Å². The van der Waals surface area contributed by atoms with Crippen molar-refractivity contribution < 1.29 is 19.0 Å². The normalized spacial score (nSPS) is 22.8. The summed E-state index contributed by atoms with van der Waals surface area (Å²) >= 11 is 1.52. The molecule has 1 fully saturated rings. The van der Waals surface area contributed by atoms with E-state index >= 15 is 0 Å². The highest BCUT2D eigenvalue weighted by molar-refractivity contribution is 8.03. The molecule has 0 aromatic heterocycles. The number of likely N-dealkylation sites (N-methyl/N-ethyl adjacent to an activating group) is 1. The van der Waals surface area contributed by atoms with Crippen LogP contribution in [0, 0.1) is 5.82 Å². The SMILES string of the molecule is CCSC1=C(C(=O)O)C(C)=CC(N(C)C2CCCOC2)N1Cc1cccc(F)c1. The van der Waals surface area contributed by atoms with Crippen LogP contribution in [0.3, 0.4) is 0 Å². The summed E-state index contributed by atoms with van der Waals surface area (Å²) in [7, 11) is 2.06. The molecule has 1 aromatic rings. The minimum Gasteiger partial charge on any atom is -0.478 e. The number of nitrogens with zero attached hydrogens (tertiary/aromatic N) is 2. The minimum atomic E-state index is -0.930. The molecule has 1 N–H and O–H groups in total. The Morgan fingerprint density at radius 2 is 2.24 bits per heavy atom. The summed E-state index contributed by atoms with van der Waals surface area (Å²) in [6, 6.07) is 6.77. The van der Waals surface area contributed by atoms with Crippen molar-refractivity contribution in [2.45, 2.75) is 45.4 Å². The summed E-state index contributed by atoms with van der Waals surface area (Å²) in [5, 5.41) is 10.6. The number of ether oxygens (including phenoxy) is 1. The highest BCUT2D eigenvalue weighted by atomic mass is 32.2. The fraction of sp³-hybridized carbons (Fsp3) is 0.500. The first-order chi connectivity index (χ1) is 13.9. The first-order valence-electron chi connectivity index (χ1n) is 10.0. The van der Waals surface area contributed by atoms with Crippen molar-refractivity contribution in [1.82, 2.24) is 9.80 Å². The molecule has 2 heterocycles. The molecule has 0 saturated carbocycles. The highest BCUT2D eigenvalue weighted by Gasteiger charge is 2.35. The zero-order valence-electron chi connectivity index (χ0n) is 17.2. The van der Waals surface area contributed by atoms with Gasteiger partial charge >= 0.3 is 5.97 Å². The van der Waals surface area contributed by atoms with E-state index in [1.165, 1.54) is 23.9 Å². The molecule has 158 valence electrons. The number of halogens is 1. The van der Waals surface area contributed by atoms with Gasteiger partial charge in [0.15, 0.2) is 0 Å². The second-order valence-corrected chi connectivity index (χ2v) is 8.73. The quantitative estimate of drug-likeness (QED) is 0.718. The maximum absolute atomic E-state index is 13.8. The van der Waals surface area contributed by atoms with Crippen molar-refractivity contribution in [3.05, 3.63) is 57.9 Å². The Morgan fingerprint density at radius 3 is 2.86 bits per heavy atom. The zero-order chi connectivity index (χ0) is 21.0. The van der Waals surface area contributed by atoms with Gasteiger partial charge in [-0.15, -0.1) is 11.8 Å². The number of hydrogen-bond acceptors (Lipinski definition) is 5. The van der Waals surface area contributed by atoms with E-state index in [4.69, 9.17) is 4.74 Å². The van der Waals surface area contributed by atoms with Gasteiger partial charge in [-0.05, 0) is 61.9 Å². The largest absolute Gasteiger partial charge is 0.478 e. The standard InChI is InChI=1S/C22H29FN2O3S/c1-4-29-21-20(22(26)27)15(2)11-19(24(3)18-9-6-10-28-14-18)25(21)13-16-7-5-8-17(23)12-16/h5,7-8,11-12,18-19H,4,6,9-10,13-14H2,1-3H3,(H,26,27). The van der Waals surface area contributed by atoms with E-state index in [1.54, 1.807) is 6.07 Å². The molecule has 5 nitrogen and oxygen atoms in total.